The van der Waals surface area contributed by atoms with Gasteiger partial charge in [-0.3, -0.25) is 0 Å². The van der Waals surface area contributed by atoms with Crippen molar-refractivity contribution >= 4 is 0 Å². The normalized spacial score (nSPS) is 18.5. The molecule has 2 nitrogen and oxygen atoms in total. The zero-order valence-electron chi connectivity index (χ0n) is 11.2. The first kappa shape index (κ1) is 12.2. The van der Waals surface area contributed by atoms with Crippen LogP contribution in [-0.2, 0) is 13.0 Å². The van der Waals surface area contributed by atoms with E-state index in [1.807, 2.05) is 12.1 Å². The van der Waals surface area contributed by atoms with E-state index >= 15 is 0 Å². The Morgan fingerprint density at radius 3 is 2.47 bits per heavy atom. The van der Waals surface area contributed by atoms with Gasteiger partial charge >= 0.3 is 0 Å². The molecule has 0 aliphatic carbocycles. The highest BCUT2D eigenvalue weighted by molar-refractivity contribution is 5.34. The van der Waals surface area contributed by atoms with Gasteiger partial charge in [-0.25, -0.2) is 0 Å². The molecule has 0 saturated carbocycles. The van der Waals surface area contributed by atoms with Crippen LogP contribution in [0.1, 0.15) is 22.6 Å². The minimum absolute atomic E-state index is 0.537. The molecule has 1 aliphatic heterocycles. The number of ether oxygens (including phenoxy) is 1. The molecular weight excluding hydrogens is 234 g/mol. The van der Waals surface area contributed by atoms with E-state index in [1.54, 1.807) is 7.11 Å². The Balaban J connectivity index is 1.85. The summed E-state index contributed by atoms with van der Waals surface area (Å²) in [5.74, 6) is 1.46. The Labute approximate surface area is 114 Å². The molecular formula is C17H19NO. The molecule has 98 valence electrons. The van der Waals surface area contributed by atoms with Crippen LogP contribution in [0.5, 0.6) is 5.75 Å². The average Bonchev–Trinajstić information content (AvgIpc) is 2.69. The third kappa shape index (κ3) is 2.64. The van der Waals surface area contributed by atoms with E-state index in [2.05, 4.69) is 41.7 Å². The first-order chi connectivity index (χ1) is 9.36. The minimum atomic E-state index is 0.537. The van der Waals surface area contributed by atoms with Crippen LogP contribution in [0.2, 0.25) is 0 Å². The van der Waals surface area contributed by atoms with Gasteiger partial charge in [-0.15, -0.1) is 0 Å². The highest BCUT2D eigenvalue weighted by Crippen LogP contribution is 2.26. The second kappa shape index (κ2) is 5.45. The Morgan fingerprint density at radius 1 is 1.00 bits per heavy atom. The molecule has 1 N–H and O–H groups in total. The minimum Gasteiger partial charge on any atom is -0.497 e. The van der Waals surface area contributed by atoms with Crippen molar-refractivity contribution in [1.82, 2.24) is 5.32 Å². The Morgan fingerprint density at radius 2 is 1.74 bits per heavy atom. The summed E-state index contributed by atoms with van der Waals surface area (Å²) in [7, 11) is 1.71. The van der Waals surface area contributed by atoms with Crippen LogP contribution >= 0.6 is 0 Å². The topological polar surface area (TPSA) is 21.3 Å². The fourth-order valence-electron chi connectivity index (χ4n) is 2.76. The lowest BCUT2D eigenvalue weighted by Gasteiger charge is -2.15. The molecule has 1 aliphatic rings. The molecule has 0 saturated heterocycles. The summed E-state index contributed by atoms with van der Waals surface area (Å²) >= 11 is 0. The van der Waals surface area contributed by atoms with Crippen LogP contribution in [0.15, 0.2) is 48.5 Å². The monoisotopic (exact) mass is 253 g/mol. The quantitative estimate of drug-likeness (QED) is 0.888. The summed E-state index contributed by atoms with van der Waals surface area (Å²) in [5, 5.41) is 3.55. The van der Waals surface area contributed by atoms with Gasteiger partial charge in [-0.05, 0) is 35.2 Å². The van der Waals surface area contributed by atoms with Crippen molar-refractivity contribution in [2.24, 2.45) is 0 Å². The molecule has 0 aromatic heterocycles. The van der Waals surface area contributed by atoms with Gasteiger partial charge in [0.2, 0.25) is 0 Å². The van der Waals surface area contributed by atoms with E-state index in [-0.39, 0.29) is 0 Å². The number of benzene rings is 2. The maximum atomic E-state index is 5.22. The fraction of sp³-hybridized carbons (Fsp3) is 0.294. The summed E-state index contributed by atoms with van der Waals surface area (Å²) < 4.78 is 5.22. The highest BCUT2D eigenvalue weighted by Gasteiger charge is 2.17. The second-order valence-electron chi connectivity index (χ2n) is 5.07. The predicted molar refractivity (Wildman–Crippen MR) is 77.6 cm³/mol. The number of hydrogen-bond acceptors (Lipinski definition) is 2. The van der Waals surface area contributed by atoms with Crippen LogP contribution in [-0.4, -0.2) is 13.7 Å². The smallest absolute Gasteiger partial charge is 0.118 e. The third-order valence-electron chi connectivity index (χ3n) is 3.88. The molecule has 1 atom stereocenters. The van der Waals surface area contributed by atoms with E-state index in [1.165, 1.54) is 16.7 Å². The van der Waals surface area contributed by atoms with Gasteiger partial charge < -0.3 is 10.1 Å². The van der Waals surface area contributed by atoms with Gasteiger partial charge in [0.15, 0.2) is 0 Å². The van der Waals surface area contributed by atoms with Crippen molar-refractivity contribution in [3.05, 3.63) is 65.2 Å². The summed E-state index contributed by atoms with van der Waals surface area (Å²) in [6.07, 6.45) is 1.11. The van der Waals surface area contributed by atoms with Gasteiger partial charge in [0.1, 0.15) is 5.75 Å². The summed E-state index contributed by atoms with van der Waals surface area (Å²) in [6.45, 7) is 2.00. The number of methoxy groups -OCH3 is 1. The molecule has 2 aromatic rings. The van der Waals surface area contributed by atoms with Crippen molar-refractivity contribution in [2.75, 3.05) is 13.7 Å². The van der Waals surface area contributed by atoms with Crippen LogP contribution in [0, 0.1) is 0 Å². The molecule has 0 spiro atoms. The lowest BCUT2D eigenvalue weighted by Crippen LogP contribution is -2.19. The molecule has 0 fully saturated rings. The SMILES string of the molecule is COc1ccc([C@@H]2CNCc3ccccc3C2)cc1. The Hall–Kier alpha value is -1.80. The van der Waals surface area contributed by atoms with Crippen molar-refractivity contribution in [2.45, 2.75) is 18.9 Å². The molecule has 0 radical (unpaired) electrons. The molecule has 0 bridgehead atoms. The molecule has 19 heavy (non-hydrogen) atoms. The van der Waals surface area contributed by atoms with E-state index in [0.717, 1.165) is 25.3 Å². The molecule has 2 aromatic carbocycles. The van der Waals surface area contributed by atoms with Gasteiger partial charge in [-0.2, -0.15) is 0 Å². The standard InChI is InChI=1S/C17H19NO/c1-19-17-8-6-13(7-9-17)16-10-14-4-2-3-5-15(14)11-18-12-16/h2-9,16,18H,10-12H2,1H3/t16-/m0/s1. The van der Waals surface area contributed by atoms with E-state index in [9.17, 15) is 0 Å². The molecule has 2 heteroatoms. The van der Waals surface area contributed by atoms with Crippen LogP contribution in [0.4, 0.5) is 0 Å². The summed E-state index contributed by atoms with van der Waals surface area (Å²) in [5.41, 5.74) is 4.27. The highest BCUT2D eigenvalue weighted by atomic mass is 16.5. The molecule has 0 amide bonds. The average molecular weight is 253 g/mol. The maximum absolute atomic E-state index is 5.22. The number of rotatable bonds is 2. The van der Waals surface area contributed by atoms with E-state index in [4.69, 9.17) is 4.74 Å². The van der Waals surface area contributed by atoms with Crippen LogP contribution in [0.3, 0.4) is 0 Å². The lowest BCUT2D eigenvalue weighted by atomic mass is 9.91. The fourth-order valence-corrected chi connectivity index (χ4v) is 2.76. The van der Waals surface area contributed by atoms with Gasteiger partial charge in [0, 0.05) is 19.0 Å². The van der Waals surface area contributed by atoms with Crippen LogP contribution in [0.25, 0.3) is 0 Å². The molecule has 3 rings (SSSR count). The van der Waals surface area contributed by atoms with E-state index < -0.39 is 0 Å². The largest absolute Gasteiger partial charge is 0.497 e. The number of nitrogens with one attached hydrogen (secondary N) is 1. The van der Waals surface area contributed by atoms with Crippen molar-refractivity contribution in [1.29, 1.82) is 0 Å². The number of fused-ring (bicyclic) bond motifs is 1. The van der Waals surface area contributed by atoms with Crippen LogP contribution < -0.4 is 10.1 Å². The predicted octanol–water partition coefficient (Wildman–Crippen LogP) is 3.12. The van der Waals surface area contributed by atoms with Crippen molar-refractivity contribution in [3.63, 3.8) is 0 Å². The Kier molecular flexibility index (Phi) is 3.51. The van der Waals surface area contributed by atoms with E-state index in [0.29, 0.717) is 5.92 Å². The second-order valence-corrected chi connectivity index (χ2v) is 5.07. The van der Waals surface area contributed by atoms with Gasteiger partial charge in [-0.1, -0.05) is 36.4 Å². The third-order valence-corrected chi connectivity index (χ3v) is 3.88. The summed E-state index contributed by atoms with van der Waals surface area (Å²) in [4.78, 5) is 0. The van der Waals surface area contributed by atoms with Crippen molar-refractivity contribution in [3.8, 4) is 5.75 Å². The Bertz CT molecular complexity index is 547. The van der Waals surface area contributed by atoms with Gasteiger partial charge in [0.25, 0.3) is 0 Å². The number of hydrogen-bond donors (Lipinski definition) is 1. The lowest BCUT2D eigenvalue weighted by molar-refractivity contribution is 0.414. The van der Waals surface area contributed by atoms with Crippen molar-refractivity contribution < 1.29 is 4.74 Å². The summed E-state index contributed by atoms with van der Waals surface area (Å²) in [6, 6.07) is 17.2. The zero-order chi connectivity index (χ0) is 13.1. The molecule has 0 unspecified atom stereocenters. The first-order valence-corrected chi connectivity index (χ1v) is 6.78. The maximum Gasteiger partial charge on any atom is 0.118 e. The first-order valence-electron chi connectivity index (χ1n) is 6.78. The molecule has 1 heterocycles. The van der Waals surface area contributed by atoms with Gasteiger partial charge in [0.05, 0.1) is 7.11 Å². The zero-order valence-corrected chi connectivity index (χ0v) is 11.2.